The highest BCUT2D eigenvalue weighted by Gasteiger charge is 2.38. The Kier molecular flexibility index (Phi) is 4.73. The quantitative estimate of drug-likeness (QED) is 0.207. The van der Waals surface area contributed by atoms with Crippen molar-refractivity contribution >= 4 is 43.4 Å². The number of aromatic nitrogens is 1. The first kappa shape index (κ1) is 23.6. The molecule has 0 bridgehead atoms. The molecule has 0 unspecified atom stereocenters. The molecule has 1 aromatic heterocycles. The van der Waals surface area contributed by atoms with Gasteiger partial charge in [-0.15, -0.1) is 0 Å². The fourth-order valence-corrected chi connectivity index (χ4v) is 7.53. The van der Waals surface area contributed by atoms with E-state index in [4.69, 9.17) is 0 Å². The Bertz CT molecular complexity index is 2380. The molecule has 1 aliphatic rings. The van der Waals surface area contributed by atoms with E-state index in [0.717, 1.165) is 0 Å². The lowest BCUT2D eigenvalue weighted by atomic mass is 9.80. The third-order valence-corrected chi connectivity index (χ3v) is 9.52. The summed E-state index contributed by atoms with van der Waals surface area (Å²) in [6.07, 6.45) is 0. The maximum absolute atomic E-state index is 2.47. The van der Waals surface area contributed by atoms with Crippen LogP contribution in [0.1, 0.15) is 25.0 Å². The normalized spacial score (nSPS) is 13.7. The molecule has 1 heteroatoms. The van der Waals surface area contributed by atoms with Crippen LogP contribution in [0.5, 0.6) is 0 Å². The first-order valence-electron chi connectivity index (χ1n) is 14.8. The summed E-state index contributed by atoms with van der Waals surface area (Å²) in [4.78, 5) is 0. The van der Waals surface area contributed by atoms with Crippen molar-refractivity contribution in [2.24, 2.45) is 0 Å². The van der Waals surface area contributed by atoms with Crippen molar-refractivity contribution in [3.05, 3.63) is 151 Å². The molecule has 7 aromatic carbocycles. The SMILES string of the molecule is CC1(C)c2ccccc2-c2ccc3c(c21)c1cc(-c2ccc4ccccc4c2)ccc1n3-c1ccc2ccccc2c1. The van der Waals surface area contributed by atoms with Gasteiger partial charge in [0.1, 0.15) is 0 Å². The molecule has 9 rings (SSSR count). The average Bonchev–Trinajstić information content (AvgIpc) is 3.49. The Morgan fingerprint density at radius 3 is 1.90 bits per heavy atom. The van der Waals surface area contributed by atoms with Gasteiger partial charge in [-0.2, -0.15) is 0 Å². The van der Waals surface area contributed by atoms with E-state index in [2.05, 4.69) is 158 Å². The fourth-order valence-electron chi connectivity index (χ4n) is 7.53. The van der Waals surface area contributed by atoms with Gasteiger partial charge >= 0.3 is 0 Å². The van der Waals surface area contributed by atoms with E-state index in [1.54, 1.807) is 0 Å². The van der Waals surface area contributed by atoms with Gasteiger partial charge in [-0.3, -0.25) is 0 Å². The molecular formula is C41H29N. The number of rotatable bonds is 2. The number of nitrogens with zero attached hydrogens (tertiary/aromatic N) is 1. The third-order valence-electron chi connectivity index (χ3n) is 9.52. The molecule has 198 valence electrons. The van der Waals surface area contributed by atoms with Gasteiger partial charge in [-0.05, 0) is 91.3 Å². The van der Waals surface area contributed by atoms with Crippen molar-refractivity contribution in [2.45, 2.75) is 19.3 Å². The van der Waals surface area contributed by atoms with E-state index in [1.807, 2.05) is 0 Å². The van der Waals surface area contributed by atoms with Crippen molar-refractivity contribution in [1.29, 1.82) is 0 Å². The summed E-state index contributed by atoms with van der Waals surface area (Å²) in [7, 11) is 0. The highest BCUT2D eigenvalue weighted by atomic mass is 15.0. The van der Waals surface area contributed by atoms with Crippen LogP contribution in [0.25, 0.3) is 71.3 Å². The molecule has 0 spiro atoms. The van der Waals surface area contributed by atoms with Crippen LogP contribution in [0.4, 0.5) is 0 Å². The molecule has 0 saturated heterocycles. The van der Waals surface area contributed by atoms with Gasteiger partial charge in [0.2, 0.25) is 0 Å². The van der Waals surface area contributed by atoms with Gasteiger partial charge in [0, 0.05) is 21.9 Å². The maximum Gasteiger partial charge on any atom is 0.0544 e. The average molecular weight is 536 g/mol. The van der Waals surface area contributed by atoms with Gasteiger partial charge in [0.05, 0.1) is 11.0 Å². The standard InChI is InChI=1S/C41H29N/c1-41(2)36-14-8-7-13-33(36)34-20-22-38-39(40(34)41)35-25-31(30-16-15-26-9-3-5-11-28(26)23-30)18-21-37(35)42(38)32-19-17-27-10-4-6-12-29(27)24-32/h3-25H,1-2H3. The van der Waals surface area contributed by atoms with E-state index >= 15 is 0 Å². The zero-order valence-electron chi connectivity index (χ0n) is 23.7. The van der Waals surface area contributed by atoms with Crippen LogP contribution in [0.3, 0.4) is 0 Å². The van der Waals surface area contributed by atoms with Crippen LogP contribution in [0, 0.1) is 0 Å². The van der Waals surface area contributed by atoms with Gasteiger partial charge < -0.3 is 4.57 Å². The Morgan fingerprint density at radius 2 is 1.10 bits per heavy atom. The maximum atomic E-state index is 2.47. The lowest BCUT2D eigenvalue weighted by molar-refractivity contribution is 0.666. The number of hydrogen-bond acceptors (Lipinski definition) is 0. The van der Waals surface area contributed by atoms with Crippen LogP contribution in [0.15, 0.2) is 140 Å². The summed E-state index contributed by atoms with van der Waals surface area (Å²) in [5.74, 6) is 0. The Labute approximate surface area is 245 Å². The van der Waals surface area contributed by atoms with Crippen molar-refractivity contribution in [3.63, 3.8) is 0 Å². The zero-order valence-corrected chi connectivity index (χ0v) is 23.7. The number of fused-ring (bicyclic) bond motifs is 9. The molecule has 0 saturated carbocycles. The number of benzene rings is 7. The first-order valence-corrected chi connectivity index (χ1v) is 14.8. The topological polar surface area (TPSA) is 4.93 Å². The second kappa shape index (κ2) is 8.44. The highest BCUT2D eigenvalue weighted by molar-refractivity contribution is 6.15. The van der Waals surface area contributed by atoms with Gasteiger partial charge in [0.15, 0.2) is 0 Å². The minimum Gasteiger partial charge on any atom is -0.309 e. The molecule has 8 aromatic rings. The summed E-state index contributed by atoms with van der Waals surface area (Å²) in [6, 6.07) is 51.6. The molecule has 1 heterocycles. The van der Waals surface area contributed by atoms with Crippen molar-refractivity contribution < 1.29 is 0 Å². The largest absolute Gasteiger partial charge is 0.309 e. The second-order valence-electron chi connectivity index (χ2n) is 12.2. The van der Waals surface area contributed by atoms with Crippen molar-refractivity contribution in [3.8, 4) is 27.9 Å². The molecule has 0 aliphatic heterocycles. The highest BCUT2D eigenvalue weighted by Crippen LogP contribution is 2.53. The second-order valence-corrected chi connectivity index (χ2v) is 12.2. The summed E-state index contributed by atoms with van der Waals surface area (Å²) in [5.41, 5.74) is 11.6. The van der Waals surface area contributed by atoms with E-state index in [0.29, 0.717) is 0 Å². The molecule has 42 heavy (non-hydrogen) atoms. The van der Waals surface area contributed by atoms with Crippen LogP contribution in [0.2, 0.25) is 0 Å². The van der Waals surface area contributed by atoms with Gasteiger partial charge in [0.25, 0.3) is 0 Å². The minimum atomic E-state index is -0.104. The Balaban J connectivity index is 1.39. The van der Waals surface area contributed by atoms with Crippen LogP contribution < -0.4 is 0 Å². The van der Waals surface area contributed by atoms with E-state index < -0.39 is 0 Å². The van der Waals surface area contributed by atoms with Crippen LogP contribution in [-0.4, -0.2) is 4.57 Å². The molecule has 1 aliphatic carbocycles. The summed E-state index contributed by atoms with van der Waals surface area (Å²) in [6.45, 7) is 4.78. The lowest BCUT2D eigenvalue weighted by Crippen LogP contribution is -2.15. The molecule has 1 nitrogen and oxygen atoms in total. The van der Waals surface area contributed by atoms with E-state index in [-0.39, 0.29) is 5.41 Å². The van der Waals surface area contributed by atoms with E-state index in [9.17, 15) is 0 Å². The zero-order chi connectivity index (χ0) is 28.0. The Morgan fingerprint density at radius 1 is 0.476 bits per heavy atom. The van der Waals surface area contributed by atoms with Crippen LogP contribution in [-0.2, 0) is 5.41 Å². The molecule has 0 amide bonds. The monoisotopic (exact) mass is 535 g/mol. The van der Waals surface area contributed by atoms with Crippen LogP contribution >= 0.6 is 0 Å². The molecule has 0 radical (unpaired) electrons. The van der Waals surface area contributed by atoms with Gasteiger partial charge in [-0.25, -0.2) is 0 Å². The van der Waals surface area contributed by atoms with Gasteiger partial charge in [-0.1, -0.05) is 117 Å². The van der Waals surface area contributed by atoms with E-state index in [1.165, 1.54) is 82.4 Å². The Hall–Kier alpha value is -5.14. The lowest BCUT2D eigenvalue weighted by Gasteiger charge is -2.22. The molecule has 0 fully saturated rings. The fraction of sp³-hybridized carbons (Fsp3) is 0.0732. The summed E-state index contributed by atoms with van der Waals surface area (Å²) >= 11 is 0. The predicted molar refractivity (Wildman–Crippen MR) is 179 cm³/mol. The summed E-state index contributed by atoms with van der Waals surface area (Å²) < 4.78 is 2.47. The number of hydrogen-bond donors (Lipinski definition) is 0. The van der Waals surface area contributed by atoms with Crippen molar-refractivity contribution in [1.82, 2.24) is 4.57 Å². The summed E-state index contributed by atoms with van der Waals surface area (Å²) in [5, 5.41) is 7.73. The smallest absolute Gasteiger partial charge is 0.0544 e. The van der Waals surface area contributed by atoms with Crippen molar-refractivity contribution in [2.75, 3.05) is 0 Å². The first-order chi connectivity index (χ1) is 20.6. The minimum absolute atomic E-state index is 0.104. The molecule has 0 N–H and O–H groups in total. The molecular weight excluding hydrogens is 506 g/mol. The third kappa shape index (κ3) is 3.19. The molecule has 0 atom stereocenters. The predicted octanol–water partition coefficient (Wildman–Crippen LogP) is 11.1.